The lowest BCUT2D eigenvalue weighted by molar-refractivity contribution is -0.122. The average molecular weight is 454 g/mol. The molecule has 0 bridgehead atoms. The second kappa shape index (κ2) is 8.82. The maximum atomic E-state index is 13.3. The number of fused-ring (bicyclic) bond motifs is 2. The van der Waals surface area contributed by atoms with Gasteiger partial charge in [0.05, 0.1) is 11.6 Å². The van der Waals surface area contributed by atoms with Crippen LogP contribution in [-0.4, -0.2) is 39.1 Å². The molecule has 34 heavy (non-hydrogen) atoms. The number of pyridine rings is 1. The van der Waals surface area contributed by atoms with Crippen LogP contribution in [-0.2, 0) is 4.79 Å². The van der Waals surface area contributed by atoms with Crippen molar-refractivity contribution in [3.05, 3.63) is 101 Å². The fourth-order valence-corrected chi connectivity index (χ4v) is 4.54. The first-order valence-electron chi connectivity index (χ1n) is 11.0. The SMILES string of the molecule is Cc1[nH]c2ccccc2c1[C@H]1c2ccccc2C(=O)N1CCC(=O)NNC(=O)c1cccnc1. The van der Waals surface area contributed by atoms with Gasteiger partial charge < -0.3 is 9.88 Å². The monoisotopic (exact) mass is 453 g/mol. The second-order valence-corrected chi connectivity index (χ2v) is 8.19. The standard InChI is InChI=1S/C26H23N5O3/c1-16-23(20-10-4-5-11-21(20)28-16)24-18-8-2-3-9-19(18)26(34)31(24)14-12-22(32)29-30-25(33)17-7-6-13-27-15-17/h2-11,13,15,24,28H,12,14H2,1H3,(H,29,32)(H,30,33)/t24-/m1/s1. The van der Waals surface area contributed by atoms with Crippen LogP contribution < -0.4 is 10.9 Å². The molecule has 8 nitrogen and oxygen atoms in total. The molecule has 0 saturated carbocycles. The fraction of sp³-hybridized carbons (Fsp3) is 0.154. The van der Waals surface area contributed by atoms with Crippen LogP contribution in [0.5, 0.6) is 0 Å². The van der Waals surface area contributed by atoms with Crippen molar-refractivity contribution < 1.29 is 14.4 Å². The highest BCUT2D eigenvalue weighted by Gasteiger charge is 2.39. The van der Waals surface area contributed by atoms with E-state index in [1.165, 1.54) is 6.20 Å². The molecule has 3 amide bonds. The fourth-order valence-electron chi connectivity index (χ4n) is 4.54. The Labute approximate surface area is 196 Å². The van der Waals surface area contributed by atoms with Gasteiger partial charge in [0.25, 0.3) is 11.8 Å². The van der Waals surface area contributed by atoms with Crippen LogP contribution in [0.15, 0.2) is 73.1 Å². The highest BCUT2D eigenvalue weighted by molar-refractivity contribution is 6.01. The molecule has 0 radical (unpaired) electrons. The third-order valence-electron chi connectivity index (χ3n) is 6.09. The zero-order chi connectivity index (χ0) is 23.7. The van der Waals surface area contributed by atoms with Crippen LogP contribution in [0.1, 0.15) is 50.0 Å². The molecule has 0 aliphatic carbocycles. The lowest BCUT2D eigenvalue weighted by Crippen LogP contribution is -2.43. The van der Waals surface area contributed by atoms with Gasteiger partial charge >= 0.3 is 0 Å². The zero-order valence-electron chi connectivity index (χ0n) is 18.5. The summed E-state index contributed by atoms with van der Waals surface area (Å²) in [7, 11) is 0. The van der Waals surface area contributed by atoms with Crippen molar-refractivity contribution in [2.24, 2.45) is 0 Å². The minimum Gasteiger partial charge on any atom is -0.358 e. The van der Waals surface area contributed by atoms with E-state index in [4.69, 9.17) is 0 Å². The summed E-state index contributed by atoms with van der Waals surface area (Å²) in [6.45, 7) is 2.20. The predicted molar refractivity (Wildman–Crippen MR) is 127 cm³/mol. The molecule has 0 saturated heterocycles. The molecule has 3 N–H and O–H groups in total. The van der Waals surface area contributed by atoms with Gasteiger partial charge in [0.1, 0.15) is 0 Å². The summed E-state index contributed by atoms with van der Waals surface area (Å²) in [6, 6.07) is 18.5. The van der Waals surface area contributed by atoms with E-state index in [0.29, 0.717) is 11.1 Å². The molecule has 4 aromatic rings. The minimum absolute atomic E-state index is 0.0327. The molecule has 1 aliphatic heterocycles. The third-order valence-corrected chi connectivity index (χ3v) is 6.09. The lowest BCUT2D eigenvalue weighted by Gasteiger charge is -2.26. The topological polar surface area (TPSA) is 107 Å². The summed E-state index contributed by atoms with van der Waals surface area (Å²) in [5, 5.41) is 1.05. The number of para-hydroxylation sites is 1. The summed E-state index contributed by atoms with van der Waals surface area (Å²) < 4.78 is 0. The van der Waals surface area contributed by atoms with Crippen molar-refractivity contribution in [2.75, 3.05) is 6.54 Å². The number of aromatic nitrogens is 2. The number of amides is 3. The van der Waals surface area contributed by atoms with Crippen LogP contribution in [0.2, 0.25) is 0 Å². The number of hydrogen-bond donors (Lipinski definition) is 3. The number of nitrogens with one attached hydrogen (secondary N) is 3. The van der Waals surface area contributed by atoms with E-state index in [1.54, 1.807) is 23.2 Å². The Morgan fingerprint density at radius 1 is 1.03 bits per heavy atom. The first-order valence-corrected chi connectivity index (χ1v) is 11.0. The molecular weight excluding hydrogens is 430 g/mol. The van der Waals surface area contributed by atoms with Crippen LogP contribution in [0.25, 0.3) is 10.9 Å². The van der Waals surface area contributed by atoms with E-state index < -0.39 is 11.8 Å². The number of nitrogens with zero attached hydrogens (tertiary/aromatic N) is 2. The number of aryl methyl sites for hydroxylation is 1. The van der Waals surface area contributed by atoms with Crippen molar-refractivity contribution in [2.45, 2.75) is 19.4 Å². The molecule has 3 heterocycles. The minimum atomic E-state index is -0.460. The molecule has 5 rings (SSSR count). The average Bonchev–Trinajstić information content (AvgIpc) is 3.34. The van der Waals surface area contributed by atoms with E-state index >= 15 is 0 Å². The molecule has 1 aliphatic rings. The highest BCUT2D eigenvalue weighted by atomic mass is 16.2. The van der Waals surface area contributed by atoms with Gasteiger partial charge in [-0.1, -0.05) is 36.4 Å². The Morgan fingerprint density at radius 3 is 2.65 bits per heavy atom. The van der Waals surface area contributed by atoms with E-state index in [-0.39, 0.29) is 24.9 Å². The Kier molecular flexibility index (Phi) is 5.55. The number of benzene rings is 2. The molecule has 0 fully saturated rings. The van der Waals surface area contributed by atoms with Crippen molar-refractivity contribution in [3.63, 3.8) is 0 Å². The van der Waals surface area contributed by atoms with Gasteiger partial charge in [-0.2, -0.15) is 0 Å². The van der Waals surface area contributed by atoms with Gasteiger partial charge in [-0.25, -0.2) is 0 Å². The van der Waals surface area contributed by atoms with E-state index in [0.717, 1.165) is 27.7 Å². The van der Waals surface area contributed by atoms with Gasteiger partial charge in [0.15, 0.2) is 0 Å². The van der Waals surface area contributed by atoms with E-state index in [2.05, 4.69) is 20.8 Å². The predicted octanol–water partition coefficient (Wildman–Crippen LogP) is 3.27. The van der Waals surface area contributed by atoms with Gasteiger partial charge in [0, 0.05) is 53.1 Å². The zero-order valence-corrected chi connectivity index (χ0v) is 18.5. The van der Waals surface area contributed by atoms with E-state index in [9.17, 15) is 14.4 Å². The highest BCUT2D eigenvalue weighted by Crippen LogP contribution is 2.42. The number of rotatable bonds is 5. The molecule has 8 heteroatoms. The molecule has 0 unspecified atom stereocenters. The summed E-state index contributed by atoms with van der Waals surface area (Å²) >= 11 is 0. The maximum Gasteiger partial charge on any atom is 0.271 e. The molecular formula is C26H23N5O3. The largest absolute Gasteiger partial charge is 0.358 e. The van der Waals surface area contributed by atoms with Crippen molar-refractivity contribution in [3.8, 4) is 0 Å². The van der Waals surface area contributed by atoms with Crippen molar-refractivity contribution >= 4 is 28.6 Å². The summed E-state index contributed by atoms with van der Waals surface area (Å²) in [5.74, 6) is -0.966. The maximum absolute atomic E-state index is 13.3. The molecule has 2 aromatic heterocycles. The smallest absolute Gasteiger partial charge is 0.271 e. The van der Waals surface area contributed by atoms with Gasteiger partial charge in [0.2, 0.25) is 5.91 Å². The Balaban J connectivity index is 1.36. The number of hydrogen-bond acceptors (Lipinski definition) is 4. The Hall–Kier alpha value is -4.46. The number of aromatic amines is 1. The van der Waals surface area contributed by atoms with Crippen molar-refractivity contribution in [1.82, 2.24) is 25.7 Å². The van der Waals surface area contributed by atoms with Gasteiger partial charge in [-0.05, 0) is 36.8 Å². The van der Waals surface area contributed by atoms with Gasteiger partial charge in [-0.3, -0.25) is 30.2 Å². The van der Waals surface area contributed by atoms with Crippen LogP contribution in [0, 0.1) is 6.92 Å². The van der Waals surface area contributed by atoms with E-state index in [1.807, 2.05) is 55.5 Å². The lowest BCUT2D eigenvalue weighted by atomic mass is 9.95. The molecule has 0 spiro atoms. The normalized spacial score (nSPS) is 14.8. The number of H-pyrrole nitrogens is 1. The molecule has 1 atom stereocenters. The quantitative estimate of drug-likeness (QED) is 0.403. The number of carbonyl (C=O) groups is 3. The Bertz CT molecular complexity index is 1400. The molecule has 2 aromatic carbocycles. The first-order chi connectivity index (χ1) is 16.5. The van der Waals surface area contributed by atoms with Crippen LogP contribution in [0.3, 0.4) is 0 Å². The second-order valence-electron chi connectivity index (χ2n) is 8.19. The summed E-state index contributed by atoms with van der Waals surface area (Å²) in [5.41, 5.74) is 9.72. The number of hydrazine groups is 1. The summed E-state index contributed by atoms with van der Waals surface area (Å²) in [6.07, 6.45) is 3.01. The third kappa shape index (κ3) is 3.79. The van der Waals surface area contributed by atoms with Gasteiger partial charge in [-0.15, -0.1) is 0 Å². The first kappa shape index (κ1) is 21.4. The number of carbonyl (C=O) groups excluding carboxylic acids is 3. The van der Waals surface area contributed by atoms with Crippen LogP contribution in [0.4, 0.5) is 0 Å². The van der Waals surface area contributed by atoms with Crippen LogP contribution >= 0.6 is 0 Å². The van der Waals surface area contributed by atoms with Crippen molar-refractivity contribution in [1.29, 1.82) is 0 Å². The Morgan fingerprint density at radius 2 is 1.82 bits per heavy atom. The summed E-state index contributed by atoms with van der Waals surface area (Å²) in [4.78, 5) is 47.0. The molecule has 170 valence electrons.